The van der Waals surface area contributed by atoms with Crippen molar-refractivity contribution in [2.45, 2.75) is 19.3 Å². The van der Waals surface area contributed by atoms with Crippen LogP contribution in [0.2, 0.25) is 0 Å². The van der Waals surface area contributed by atoms with Crippen LogP contribution in [0, 0.1) is 0 Å². The van der Waals surface area contributed by atoms with Crippen LogP contribution < -0.4 is 11.1 Å². The largest absolute Gasteiger partial charge is 0.368 e. The molecule has 3 rings (SSSR count). The van der Waals surface area contributed by atoms with E-state index in [4.69, 9.17) is 5.73 Å². The van der Waals surface area contributed by atoms with Crippen molar-refractivity contribution in [1.82, 2.24) is 14.9 Å². The van der Waals surface area contributed by atoms with Gasteiger partial charge in [-0.15, -0.1) is 24.8 Å². The highest BCUT2D eigenvalue weighted by Gasteiger charge is 2.19. The number of likely N-dealkylation sites (tertiary alicyclic amines) is 1. The number of fused-ring (bicyclic) bond motifs is 1. The second-order valence-electron chi connectivity index (χ2n) is 5.46. The average Bonchev–Trinajstić information content (AvgIpc) is 2.93. The van der Waals surface area contributed by atoms with Crippen LogP contribution in [-0.2, 0) is 11.2 Å². The zero-order valence-corrected chi connectivity index (χ0v) is 15.0. The normalized spacial score (nSPS) is 13.5. The van der Waals surface area contributed by atoms with Crippen LogP contribution in [0.15, 0.2) is 24.3 Å². The van der Waals surface area contributed by atoms with E-state index in [2.05, 4.69) is 15.3 Å². The molecule has 1 aromatic heterocycles. The molecule has 24 heavy (non-hydrogen) atoms. The standard InChI is InChI=1S/C16H21N5O.2ClH/c17-8-7-14-19-13-5-2-1-4-12(13)16(20-14)18-9-11-21-10-3-6-15(21)22;;/h1-2,4-5H,3,6-11,17H2,(H,18,19,20);2*1H. The molecule has 132 valence electrons. The zero-order chi connectivity index (χ0) is 15.4. The molecule has 0 spiro atoms. The van der Waals surface area contributed by atoms with E-state index >= 15 is 0 Å². The van der Waals surface area contributed by atoms with Gasteiger partial charge in [0.1, 0.15) is 11.6 Å². The van der Waals surface area contributed by atoms with Gasteiger partial charge in [-0.1, -0.05) is 12.1 Å². The van der Waals surface area contributed by atoms with Gasteiger partial charge in [0.15, 0.2) is 0 Å². The lowest BCUT2D eigenvalue weighted by Gasteiger charge is -2.16. The molecule has 1 aliphatic heterocycles. The fraction of sp³-hybridized carbons (Fsp3) is 0.438. The van der Waals surface area contributed by atoms with Gasteiger partial charge in [-0.25, -0.2) is 9.97 Å². The molecular weight excluding hydrogens is 349 g/mol. The number of anilines is 1. The topological polar surface area (TPSA) is 84.1 Å². The summed E-state index contributed by atoms with van der Waals surface area (Å²) in [5, 5.41) is 4.34. The van der Waals surface area contributed by atoms with E-state index in [0.717, 1.165) is 35.5 Å². The lowest BCUT2D eigenvalue weighted by Crippen LogP contribution is -2.30. The van der Waals surface area contributed by atoms with Gasteiger partial charge in [0.2, 0.25) is 5.91 Å². The van der Waals surface area contributed by atoms with Gasteiger partial charge < -0.3 is 16.0 Å². The van der Waals surface area contributed by atoms with Gasteiger partial charge in [-0.3, -0.25) is 4.79 Å². The van der Waals surface area contributed by atoms with Crippen molar-refractivity contribution in [2.75, 3.05) is 31.5 Å². The number of halogens is 2. The van der Waals surface area contributed by atoms with Crippen molar-refractivity contribution in [3.05, 3.63) is 30.1 Å². The van der Waals surface area contributed by atoms with Gasteiger partial charge in [-0.2, -0.15) is 0 Å². The maximum Gasteiger partial charge on any atom is 0.222 e. The molecule has 2 aromatic rings. The third-order valence-electron chi connectivity index (χ3n) is 3.86. The van der Waals surface area contributed by atoms with Gasteiger partial charge >= 0.3 is 0 Å². The fourth-order valence-electron chi connectivity index (χ4n) is 2.75. The molecule has 0 aliphatic carbocycles. The van der Waals surface area contributed by atoms with Crippen molar-refractivity contribution < 1.29 is 4.79 Å². The Kier molecular flexibility index (Phi) is 8.18. The average molecular weight is 372 g/mol. The Hall–Kier alpha value is -1.63. The number of nitrogens with zero attached hydrogens (tertiary/aromatic N) is 3. The molecule has 8 heteroatoms. The number of hydrogen-bond donors (Lipinski definition) is 2. The Morgan fingerprint density at radius 2 is 2.00 bits per heavy atom. The van der Waals surface area contributed by atoms with Crippen LogP contribution in [-0.4, -0.2) is 47.0 Å². The molecule has 0 radical (unpaired) electrons. The maximum atomic E-state index is 11.6. The first-order valence-electron chi connectivity index (χ1n) is 7.75. The van der Waals surface area contributed by atoms with Crippen molar-refractivity contribution in [3.8, 4) is 0 Å². The lowest BCUT2D eigenvalue weighted by atomic mass is 10.2. The number of para-hydroxylation sites is 1. The van der Waals surface area contributed by atoms with Crippen LogP contribution in [0.1, 0.15) is 18.7 Å². The Bertz CT molecular complexity index is 683. The second-order valence-corrected chi connectivity index (χ2v) is 5.46. The minimum atomic E-state index is 0. The number of rotatable bonds is 6. The van der Waals surface area contributed by atoms with Gasteiger partial charge in [0, 0.05) is 37.9 Å². The Labute approximate surface area is 154 Å². The number of carbonyl (C=O) groups is 1. The molecule has 1 amide bonds. The van der Waals surface area contributed by atoms with Gasteiger partial charge in [0.05, 0.1) is 5.52 Å². The summed E-state index contributed by atoms with van der Waals surface area (Å²) in [4.78, 5) is 22.6. The van der Waals surface area contributed by atoms with Crippen molar-refractivity contribution >= 4 is 47.4 Å². The number of aromatic nitrogens is 2. The molecule has 1 fully saturated rings. The van der Waals surface area contributed by atoms with E-state index in [-0.39, 0.29) is 30.7 Å². The summed E-state index contributed by atoms with van der Waals surface area (Å²) in [7, 11) is 0. The monoisotopic (exact) mass is 371 g/mol. The zero-order valence-electron chi connectivity index (χ0n) is 13.4. The van der Waals surface area contributed by atoms with E-state index in [1.807, 2.05) is 29.2 Å². The summed E-state index contributed by atoms with van der Waals surface area (Å²) >= 11 is 0. The molecule has 3 N–H and O–H groups in total. The first kappa shape index (κ1) is 20.4. The highest BCUT2D eigenvalue weighted by Crippen LogP contribution is 2.20. The van der Waals surface area contributed by atoms with E-state index in [0.29, 0.717) is 32.5 Å². The van der Waals surface area contributed by atoms with Crippen LogP contribution in [0.3, 0.4) is 0 Å². The molecule has 0 bridgehead atoms. The Balaban J connectivity index is 0.00000144. The van der Waals surface area contributed by atoms with Gasteiger partial charge in [0.25, 0.3) is 0 Å². The Morgan fingerprint density at radius 3 is 2.71 bits per heavy atom. The molecule has 1 aromatic carbocycles. The second kappa shape index (κ2) is 9.61. The first-order chi connectivity index (χ1) is 10.8. The lowest BCUT2D eigenvalue weighted by molar-refractivity contribution is -0.127. The SMILES string of the molecule is Cl.Cl.NCCc1nc(NCCN2CCCC2=O)c2ccccc2n1. The summed E-state index contributed by atoms with van der Waals surface area (Å²) in [5.41, 5.74) is 6.53. The number of hydrogen-bond acceptors (Lipinski definition) is 5. The third kappa shape index (κ3) is 4.69. The maximum absolute atomic E-state index is 11.6. The number of amides is 1. The predicted molar refractivity (Wildman–Crippen MR) is 101 cm³/mol. The highest BCUT2D eigenvalue weighted by molar-refractivity contribution is 5.89. The first-order valence-corrected chi connectivity index (χ1v) is 7.75. The molecule has 0 atom stereocenters. The third-order valence-corrected chi connectivity index (χ3v) is 3.86. The predicted octanol–water partition coefficient (Wildman–Crippen LogP) is 2.01. The molecule has 1 saturated heterocycles. The Morgan fingerprint density at radius 1 is 1.21 bits per heavy atom. The minimum absolute atomic E-state index is 0. The minimum Gasteiger partial charge on any atom is -0.368 e. The summed E-state index contributed by atoms with van der Waals surface area (Å²) in [6, 6.07) is 7.93. The van der Waals surface area contributed by atoms with Crippen LogP contribution >= 0.6 is 24.8 Å². The molecule has 0 unspecified atom stereocenters. The van der Waals surface area contributed by atoms with Crippen LogP contribution in [0.4, 0.5) is 5.82 Å². The summed E-state index contributed by atoms with van der Waals surface area (Å²) in [6.07, 6.45) is 2.30. The number of carbonyl (C=O) groups excluding carboxylic acids is 1. The summed E-state index contributed by atoms with van der Waals surface area (Å²) < 4.78 is 0. The fourth-order valence-corrected chi connectivity index (χ4v) is 2.75. The quantitative estimate of drug-likeness (QED) is 0.811. The summed E-state index contributed by atoms with van der Waals surface area (Å²) in [6.45, 7) is 2.79. The van der Waals surface area contributed by atoms with Crippen molar-refractivity contribution in [3.63, 3.8) is 0 Å². The van der Waals surface area contributed by atoms with Crippen molar-refractivity contribution in [1.29, 1.82) is 0 Å². The number of nitrogens with one attached hydrogen (secondary N) is 1. The van der Waals surface area contributed by atoms with E-state index < -0.39 is 0 Å². The van der Waals surface area contributed by atoms with Crippen molar-refractivity contribution in [2.24, 2.45) is 5.73 Å². The van der Waals surface area contributed by atoms with E-state index in [1.54, 1.807) is 0 Å². The van der Waals surface area contributed by atoms with Crippen LogP contribution in [0.5, 0.6) is 0 Å². The molecule has 1 aliphatic rings. The molecule has 6 nitrogen and oxygen atoms in total. The van der Waals surface area contributed by atoms with Gasteiger partial charge in [-0.05, 0) is 25.1 Å². The highest BCUT2D eigenvalue weighted by atomic mass is 35.5. The molecule has 2 heterocycles. The smallest absolute Gasteiger partial charge is 0.222 e. The molecule has 0 saturated carbocycles. The number of benzene rings is 1. The van der Waals surface area contributed by atoms with E-state index in [1.165, 1.54) is 0 Å². The molecular formula is C16H23Cl2N5O. The summed E-state index contributed by atoms with van der Waals surface area (Å²) in [5.74, 6) is 1.82. The van der Waals surface area contributed by atoms with E-state index in [9.17, 15) is 4.79 Å². The number of nitrogens with two attached hydrogens (primary N) is 1. The van der Waals surface area contributed by atoms with Crippen LogP contribution in [0.25, 0.3) is 10.9 Å².